The predicted octanol–water partition coefficient (Wildman–Crippen LogP) is 1.74. The molecule has 25 heavy (non-hydrogen) atoms. The van der Waals surface area contributed by atoms with Crippen LogP contribution >= 0.6 is 12.4 Å². The molecule has 0 radical (unpaired) electrons. The van der Waals surface area contributed by atoms with Gasteiger partial charge in [-0.2, -0.15) is 0 Å². The Bertz CT molecular complexity index is 1030. The first kappa shape index (κ1) is 18.4. The number of aromatic nitrogens is 3. The summed E-state index contributed by atoms with van der Waals surface area (Å²) in [5.74, 6) is -0.783. The number of benzene rings is 1. The van der Waals surface area contributed by atoms with Gasteiger partial charge < -0.3 is 10.2 Å². The molecule has 1 aromatic carbocycles. The van der Waals surface area contributed by atoms with Crippen molar-refractivity contribution in [2.45, 2.75) is 19.8 Å². The summed E-state index contributed by atoms with van der Waals surface area (Å²) >= 11 is 0. The molecule has 0 aliphatic heterocycles. The van der Waals surface area contributed by atoms with E-state index in [4.69, 9.17) is 5.11 Å². The molecule has 0 fully saturated rings. The molecule has 8 heteroatoms. The zero-order valence-corrected chi connectivity index (χ0v) is 14.2. The number of aryl methyl sites for hydroxylation is 1. The normalized spacial score (nSPS) is 11.9. The number of hydrogen-bond donors (Lipinski definition) is 2. The van der Waals surface area contributed by atoms with E-state index in [-0.39, 0.29) is 41.9 Å². The van der Waals surface area contributed by atoms with Crippen molar-refractivity contribution in [1.82, 2.24) is 14.6 Å². The molecule has 0 saturated heterocycles. The quantitative estimate of drug-likeness (QED) is 0.733. The van der Waals surface area contributed by atoms with Gasteiger partial charge in [0.2, 0.25) is 5.43 Å². The highest BCUT2D eigenvalue weighted by molar-refractivity contribution is 5.85. The number of fused-ring (bicyclic) bond motifs is 1. The largest absolute Gasteiger partial charge is 0.511 e. The Kier molecular flexibility index (Phi) is 5.38. The van der Waals surface area contributed by atoms with E-state index in [2.05, 4.69) is 10.2 Å². The monoisotopic (exact) mass is 361 g/mol. The first-order chi connectivity index (χ1) is 11.5. The zero-order chi connectivity index (χ0) is 17.3. The van der Waals surface area contributed by atoms with Crippen molar-refractivity contribution in [3.05, 3.63) is 57.8 Å². The molecule has 130 valence electrons. The highest BCUT2D eigenvalue weighted by Gasteiger charge is 2.15. The summed E-state index contributed by atoms with van der Waals surface area (Å²) in [6, 6.07) is 9.05. The summed E-state index contributed by atoms with van der Waals surface area (Å²) in [5.41, 5.74) is 0.914. The second-order valence-electron chi connectivity index (χ2n) is 5.39. The fourth-order valence-corrected chi connectivity index (χ4v) is 2.55. The van der Waals surface area contributed by atoms with Gasteiger partial charge in [-0.15, -0.1) is 22.6 Å². The summed E-state index contributed by atoms with van der Waals surface area (Å²) in [6.45, 7) is 1.73. The van der Waals surface area contributed by atoms with Crippen molar-refractivity contribution in [3.63, 3.8) is 0 Å². The summed E-state index contributed by atoms with van der Waals surface area (Å²) in [4.78, 5) is 23.6. The van der Waals surface area contributed by atoms with Gasteiger partial charge in [0.1, 0.15) is 16.8 Å². The smallest absolute Gasteiger partial charge is 0.303 e. The van der Waals surface area contributed by atoms with Gasteiger partial charge >= 0.3 is 5.97 Å². The van der Waals surface area contributed by atoms with Crippen LogP contribution < -0.4 is 10.6 Å². The van der Waals surface area contributed by atoms with E-state index in [1.165, 1.54) is 0 Å². The Balaban J connectivity index is 0.00000225. The lowest BCUT2D eigenvalue weighted by Gasteiger charge is -2.05. The Morgan fingerprint density at radius 3 is 2.44 bits per heavy atom. The molecule has 0 aliphatic rings. The van der Waals surface area contributed by atoms with Crippen LogP contribution in [-0.2, 0) is 4.79 Å². The van der Waals surface area contributed by atoms with E-state index in [0.717, 1.165) is 0 Å². The third kappa shape index (κ3) is 3.46. The lowest BCUT2D eigenvalue weighted by Crippen LogP contribution is -2.31. The predicted molar refractivity (Wildman–Crippen MR) is 94.8 cm³/mol. The molecule has 0 spiro atoms. The van der Waals surface area contributed by atoms with E-state index in [0.29, 0.717) is 17.0 Å². The molecule has 3 rings (SSSR count). The molecule has 2 N–H and O–H groups in total. The van der Waals surface area contributed by atoms with E-state index >= 15 is 0 Å². The molecule has 0 saturated carbocycles. The maximum Gasteiger partial charge on any atom is 0.303 e. The summed E-state index contributed by atoms with van der Waals surface area (Å²) in [5, 5.41) is 27.0. The average molecular weight is 362 g/mol. The van der Waals surface area contributed by atoms with Crippen molar-refractivity contribution < 1.29 is 15.0 Å². The van der Waals surface area contributed by atoms with Gasteiger partial charge in [0.05, 0.1) is 6.42 Å². The molecule has 0 atom stereocenters. The number of aliphatic carboxylic acids is 1. The van der Waals surface area contributed by atoms with Gasteiger partial charge in [0.25, 0.3) is 0 Å². The maximum atomic E-state index is 12.9. The molecule has 0 unspecified atom stereocenters. The highest BCUT2D eigenvalue weighted by Crippen LogP contribution is 2.15. The minimum absolute atomic E-state index is 0. The summed E-state index contributed by atoms with van der Waals surface area (Å²) in [6.07, 6.45) is 1.21. The van der Waals surface area contributed by atoms with Gasteiger partial charge in [-0.3, -0.25) is 14.0 Å². The number of aliphatic hydroxyl groups is 1. The van der Waals surface area contributed by atoms with Gasteiger partial charge in [0, 0.05) is 18.2 Å². The van der Waals surface area contributed by atoms with Crippen LogP contribution in [0.15, 0.2) is 41.3 Å². The number of pyridine rings is 1. The molecule has 2 aromatic heterocycles. The minimum Gasteiger partial charge on any atom is -0.511 e. The van der Waals surface area contributed by atoms with Crippen LogP contribution in [0.3, 0.4) is 0 Å². The van der Waals surface area contributed by atoms with E-state index in [1.807, 2.05) is 18.2 Å². The van der Waals surface area contributed by atoms with Crippen LogP contribution in [-0.4, -0.2) is 30.8 Å². The standard InChI is InChI=1S/C17H15N3O4.ClH/c1-10-18-19-17-15(13(21)7-8-14(22)23)16(24)12(9-20(10)17)11-5-3-2-4-6-11;/h2-6,9,21H,7-8H2,1H3,(H,22,23);1H. The summed E-state index contributed by atoms with van der Waals surface area (Å²) < 4.78 is 1.62. The number of carboxylic acid groups (broad SMARTS) is 1. The Hall–Kier alpha value is -2.93. The van der Waals surface area contributed by atoms with Crippen molar-refractivity contribution >= 4 is 29.8 Å². The van der Waals surface area contributed by atoms with Crippen LogP contribution in [0.1, 0.15) is 18.7 Å². The topological polar surface area (TPSA) is 105 Å². The Labute approximate surface area is 148 Å². The average Bonchev–Trinajstić information content (AvgIpc) is 2.93. The molecular weight excluding hydrogens is 346 g/mol. The third-order valence-electron chi connectivity index (χ3n) is 3.77. The maximum absolute atomic E-state index is 12.9. The first-order valence-corrected chi connectivity index (χ1v) is 7.36. The zero-order valence-electron chi connectivity index (χ0n) is 13.3. The molecular formula is C17H16ClN3O4. The van der Waals surface area contributed by atoms with Gasteiger partial charge in [-0.05, 0) is 12.5 Å². The van der Waals surface area contributed by atoms with Gasteiger partial charge in [-0.25, -0.2) is 0 Å². The second kappa shape index (κ2) is 7.31. The molecule has 0 aliphatic carbocycles. The van der Waals surface area contributed by atoms with Gasteiger partial charge in [-0.1, -0.05) is 30.3 Å². The van der Waals surface area contributed by atoms with E-state index in [1.54, 1.807) is 29.7 Å². The molecule has 0 amide bonds. The van der Waals surface area contributed by atoms with E-state index in [9.17, 15) is 14.7 Å². The first-order valence-electron chi connectivity index (χ1n) is 7.36. The van der Waals surface area contributed by atoms with Crippen molar-refractivity contribution in [2.75, 3.05) is 0 Å². The van der Waals surface area contributed by atoms with Crippen LogP contribution in [0.5, 0.6) is 0 Å². The Morgan fingerprint density at radius 2 is 1.80 bits per heavy atom. The Morgan fingerprint density at radius 1 is 1.12 bits per heavy atom. The number of aliphatic hydroxyl groups excluding tert-OH is 1. The lowest BCUT2D eigenvalue weighted by atomic mass is 10.1. The molecule has 3 aromatic rings. The van der Waals surface area contributed by atoms with Crippen molar-refractivity contribution in [2.24, 2.45) is 0 Å². The number of halogens is 1. The van der Waals surface area contributed by atoms with Crippen molar-refractivity contribution in [1.29, 1.82) is 0 Å². The number of hydrogen-bond acceptors (Lipinski definition) is 5. The molecule has 0 bridgehead atoms. The lowest BCUT2D eigenvalue weighted by molar-refractivity contribution is -0.136. The van der Waals surface area contributed by atoms with Gasteiger partial charge in [0.15, 0.2) is 5.65 Å². The summed E-state index contributed by atoms with van der Waals surface area (Å²) in [7, 11) is 0. The fourth-order valence-electron chi connectivity index (χ4n) is 2.55. The third-order valence-corrected chi connectivity index (χ3v) is 3.77. The van der Waals surface area contributed by atoms with Crippen LogP contribution in [0.4, 0.5) is 0 Å². The number of nitrogens with zero attached hydrogens (tertiary/aromatic N) is 3. The molecule has 7 nitrogen and oxygen atoms in total. The minimum atomic E-state index is -1.05. The second-order valence-corrected chi connectivity index (χ2v) is 5.39. The number of carbonyl (C=O) groups is 1. The SMILES string of the molecule is Cc1nnc2c(=C(O)CCC(=O)O)c(=O)c(-c3ccccc3)cn12.Cl. The number of carboxylic acids is 1. The fraction of sp³-hybridized carbons (Fsp3) is 0.176. The van der Waals surface area contributed by atoms with Crippen LogP contribution in [0.2, 0.25) is 0 Å². The molecule has 2 heterocycles. The highest BCUT2D eigenvalue weighted by atomic mass is 35.5. The van der Waals surface area contributed by atoms with Crippen LogP contribution in [0, 0.1) is 6.92 Å². The van der Waals surface area contributed by atoms with E-state index < -0.39 is 11.4 Å². The van der Waals surface area contributed by atoms with Crippen molar-refractivity contribution in [3.8, 4) is 11.1 Å². The van der Waals surface area contributed by atoms with Crippen LogP contribution in [0.25, 0.3) is 22.5 Å². The number of rotatable bonds is 4.